The number of hydrogen-bond acceptors (Lipinski definition) is 6. The van der Waals surface area contributed by atoms with Crippen molar-refractivity contribution in [2.24, 2.45) is 0 Å². The number of rotatable bonds is 6. The number of aromatic amines is 1. The number of H-pyrrole nitrogens is 1. The van der Waals surface area contributed by atoms with Crippen molar-refractivity contribution in [3.05, 3.63) is 69.6 Å². The number of ether oxygens (including phenoxy) is 1. The van der Waals surface area contributed by atoms with Crippen molar-refractivity contribution in [3.63, 3.8) is 0 Å². The summed E-state index contributed by atoms with van der Waals surface area (Å²) in [6.45, 7) is 0. The van der Waals surface area contributed by atoms with Crippen LogP contribution >= 0.6 is 11.3 Å². The Morgan fingerprint density at radius 2 is 1.96 bits per heavy atom. The summed E-state index contributed by atoms with van der Waals surface area (Å²) in [6, 6.07) is 9.95. The van der Waals surface area contributed by atoms with Crippen LogP contribution in [0, 0.1) is 0 Å². The van der Waals surface area contributed by atoms with E-state index in [1.54, 1.807) is 42.8 Å². The lowest BCUT2D eigenvalue weighted by Gasteiger charge is -2.05. The molecule has 0 spiro atoms. The van der Waals surface area contributed by atoms with Gasteiger partial charge in [0.1, 0.15) is 11.3 Å². The molecule has 0 radical (unpaired) electrons. The Morgan fingerprint density at radius 3 is 2.67 bits per heavy atom. The number of anilines is 2. The van der Waals surface area contributed by atoms with Crippen LogP contribution < -0.4 is 20.9 Å². The zero-order valence-electron chi connectivity index (χ0n) is 14.3. The molecule has 2 heterocycles. The van der Waals surface area contributed by atoms with Crippen LogP contribution in [0.15, 0.2) is 52.8 Å². The number of hydrogen-bond donors (Lipinski definition) is 3. The number of benzene rings is 1. The second-order valence-corrected chi connectivity index (χ2v) is 6.32. The van der Waals surface area contributed by atoms with E-state index in [1.165, 1.54) is 23.6 Å². The second-order valence-electron chi connectivity index (χ2n) is 5.46. The Balaban J connectivity index is 1.58. The minimum Gasteiger partial charge on any atom is -0.497 e. The van der Waals surface area contributed by atoms with Gasteiger partial charge in [0.2, 0.25) is 5.91 Å². The summed E-state index contributed by atoms with van der Waals surface area (Å²) in [5, 5.41) is 7.31. The van der Waals surface area contributed by atoms with Crippen molar-refractivity contribution in [1.82, 2.24) is 9.97 Å². The normalized spacial score (nSPS) is 10.3. The Labute approximate surface area is 158 Å². The molecular formula is C18H16N4O4S. The van der Waals surface area contributed by atoms with E-state index in [2.05, 4.69) is 20.6 Å². The summed E-state index contributed by atoms with van der Waals surface area (Å²) >= 11 is 1.18. The van der Waals surface area contributed by atoms with Gasteiger partial charge in [0, 0.05) is 17.3 Å². The van der Waals surface area contributed by atoms with Crippen molar-refractivity contribution in [2.75, 3.05) is 17.7 Å². The molecule has 0 saturated carbocycles. The smallest absolute Gasteiger partial charge is 0.263 e. The third-order valence-electron chi connectivity index (χ3n) is 3.55. The highest BCUT2D eigenvalue weighted by molar-refractivity contribution is 7.14. The fraction of sp³-hybridized carbons (Fsp3) is 0.111. The van der Waals surface area contributed by atoms with Gasteiger partial charge in [-0.1, -0.05) is 0 Å². The third-order valence-corrected chi connectivity index (χ3v) is 4.36. The van der Waals surface area contributed by atoms with Crippen molar-refractivity contribution in [2.45, 2.75) is 6.42 Å². The molecular weight excluding hydrogens is 368 g/mol. The predicted molar refractivity (Wildman–Crippen MR) is 102 cm³/mol. The summed E-state index contributed by atoms with van der Waals surface area (Å²) in [6.07, 6.45) is 1.51. The highest BCUT2D eigenvalue weighted by atomic mass is 32.1. The number of nitrogens with zero attached hydrogens (tertiary/aromatic N) is 1. The van der Waals surface area contributed by atoms with Crippen LogP contribution in [-0.4, -0.2) is 28.9 Å². The van der Waals surface area contributed by atoms with Crippen molar-refractivity contribution < 1.29 is 14.3 Å². The molecule has 0 bridgehead atoms. The molecule has 138 valence electrons. The molecule has 1 aromatic carbocycles. The highest BCUT2D eigenvalue weighted by Crippen LogP contribution is 2.18. The molecule has 8 nitrogen and oxygen atoms in total. The topological polar surface area (TPSA) is 113 Å². The molecule has 0 atom stereocenters. The quantitative estimate of drug-likeness (QED) is 0.603. The molecule has 3 aromatic rings. The molecule has 0 saturated heterocycles. The van der Waals surface area contributed by atoms with E-state index in [0.717, 1.165) is 0 Å². The third kappa shape index (κ3) is 4.79. The number of pyridine rings is 1. The first-order valence-corrected chi connectivity index (χ1v) is 8.80. The first-order chi connectivity index (χ1) is 13.0. The van der Waals surface area contributed by atoms with Crippen molar-refractivity contribution in [1.29, 1.82) is 0 Å². The van der Waals surface area contributed by atoms with Gasteiger partial charge in [0.25, 0.3) is 11.5 Å². The van der Waals surface area contributed by atoms with E-state index in [1.807, 2.05) is 0 Å². The summed E-state index contributed by atoms with van der Waals surface area (Å²) in [7, 11) is 1.57. The van der Waals surface area contributed by atoms with Crippen molar-refractivity contribution in [3.8, 4) is 5.75 Å². The van der Waals surface area contributed by atoms with E-state index in [-0.39, 0.29) is 17.9 Å². The van der Waals surface area contributed by atoms with E-state index < -0.39 is 11.5 Å². The van der Waals surface area contributed by atoms with Gasteiger partial charge in [-0.05, 0) is 36.4 Å². The molecule has 2 amide bonds. The lowest BCUT2D eigenvalue weighted by Crippen LogP contribution is -2.22. The zero-order valence-corrected chi connectivity index (χ0v) is 15.1. The molecule has 9 heteroatoms. The fourth-order valence-electron chi connectivity index (χ4n) is 2.25. The van der Waals surface area contributed by atoms with Gasteiger partial charge in [0.05, 0.1) is 19.2 Å². The molecule has 3 N–H and O–H groups in total. The second kappa shape index (κ2) is 8.28. The maximum atomic E-state index is 12.1. The van der Waals surface area contributed by atoms with E-state index >= 15 is 0 Å². The minimum absolute atomic E-state index is 0.00787. The number of aromatic nitrogens is 2. The number of methoxy groups -OCH3 is 1. The Hall–Kier alpha value is -3.46. The van der Waals surface area contributed by atoms with Crippen LogP contribution in [0.5, 0.6) is 5.75 Å². The Kier molecular flexibility index (Phi) is 5.62. The monoisotopic (exact) mass is 384 g/mol. The first kappa shape index (κ1) is 18.3. The van der Waals surface area contributed by atoms with E-state index in [0.29, 0.717) is 22.3 Å². The standard InChI is InChI=1S/C18H16N4O4S/c1-26-13-6-4-11(5-7-13)20-15(23)9-12-10-27-18(21-12)22-17(25)14-3-2-8-19-16(14)24/h2-8,10H,9H2,1H3,(H,19,24)(H,20,23)(H,21,22,25). The van der Waals surface area contributed by atoms with Crippen molar-refractivity contribution >= 4 is 34.0 Å². The average Bonchev–Trinajstić information content (AvgIpc) is 3.09. The van der Waals surface area contributed by atoms with Gasteiger partial charge in [-0.25, -0.2) is 4.98 Å². The summed E-state index contributed by atoms with van der Waals surface area (Å²) < 4.78 is 5.07. The molecule has 0 aliphatic heterocycles. The first-order valence-electron chi connectivity index (χ1n) is 7.92. The number of thiazole rings is 1. The van der Waals surface area contributed by atoms with Crippen LogP contribution in [0.3, 0.4) is 0 Å². The molecule has 0 unspecified atom stereocenters. The van der Waals surface area contributed by atoms with Crippen LogP contribution in [-0.2, 0) is 11.2 Å². The lowest BCUT2D eigenvalue weighted by molar-refractivity contribution is -0.115. The van der Waals surface area contributed by atoms with Crippen LogP contribution in [0.25, 0.3) is 0 Å². The summed E-state index contributed by atoms with van der Waals surface area (Å²) in [4.78, 5) is 42.5. The van der Waals surface area contributed by atoms with Gasteiger partial charge >= 0.3 is 0 Å². The van der Waals surface area contributed by atoms with E-state index in [9.17, 15) is 14.4 Å². The Morgan fingerprint density at radius 1 is 1.19 bits per heavy atom. The van der Waals surface area contributed by atoms with Gasteiger partial charge in [-0.2, -0.15) is 0 Å². The number of carbonyl (C=O) groups excluding carboxylic acids is 2. The largest absolute Gasteiger partial charge is 0.497 e. The summed E-state index contributed by atoms with van der Waals surface area (Å²) in [5.74, 6) is -0.0894. The van der Waals surface area contributed by atoms with Crippen LogP contribution in [0.4, 0.5) is 10.8 Å². The fourth-order valence-corrected chi connectivity index (χ4v) is 2.96. The molecule has 27 heavy (non-hydrogen) atoms. The molecule has 0 aliphatic carbocycles. The molecule has 0 fully saturated rings. The average molecular weight is 384 g/mol. The van der Waals surface area contributed by atoms with Gasteiger partial charge < -0.3 is 15.0 Å². The lowest BCUT2D eigenvalue weighted by atomic mass is 10.2. The summed E-state index contributed by atoms with van der Waals surface area (Å²) in [5.41, 5.74) is 0.674. The van der Waals surface area contributed by atoms with E-state index in [4.69, 9.17) is 4.74 Å². The van der Waals surface area contributed by atoms with Gasteiger partial charge in [-0.15, -0.1) is 11.3 Å². The van der Waals surface area contributed by atoms with Gasteiger partial charge in [0.15, 0.2) is 5.13 Å². The minimum atomic E-state index is -0.555. The van der Waals surface area contributed by atoms with Crippen LogP contribution in [0.2, 0.25) is 0 Å². The number of nitrogens with one attached hydrogen (secondary N) is 3. The highest BCUT2D eigenvalue weighted by Gasteiger charge is 2.13. The molecule has 0 aliphatic rings. The number of amides is 2. The molecule has 2 aromatic heterocycles. The molecule has 3 rings (SSSR count). The van der Waals surface area contributed by atoms with Gasteiger partial charge in [-0.3, -0.25) is 19.7 Å². The Bertz CT molecular complexity index is 1010. The van der Waals surface area contributed by atoms with Crippen LogP contribution in [0.1, 0.15) is 16.1 Å². The maximum Gasteiger partial charge on any atom is 0.263 e. The predicted octanol–water partition coefficient (Wildman–Crippen LogP) is 2.27. The SMILES string of the molecule is COc1ccc(NC(=O)Cc2csc(NC(=O)c3ccc[nH]c3=O)n2)cc1. The number of carbonyl (C=O) groups is 2. The maximum absolute atomic E-state index is 12.1. The zero-order chi connectivity index (χ0) is 19.2.